The van der Waals surface area contributed by atoms with Crippen molar-refractivity contribution >= 4 is 12.2 Å². The topological polar surface area (TPSA) is 375 Å². The number of carbonyl (C=O) groups excluding carboxylic acids is 2. The standard InChI is InChI=1S/C73H107N3O24/c1-73(2,3)100-72(88)75-31-30-74-71(87)99-52-63(98-41-57-27-17-8-18-28-57)51-93-50-62(97-40-56-25-15-7-16-26-56)49-92-48-61(96-39-55-23-13-6-14-24-55)47-91-46-60(95-38-54-21-11-5-12-22-54)45-90-44-59(94-37-53-19-9-4-10-20-53)43-89-42-58(79)33-76(34-65(81)68(84)64(80)29-32-77)35-66(82)69(85)70(86)67(83)36-78/h4-28,58-70,77-86H,29-52H2,1-3H3,(H,74,87)(H,75,88)/t58?,59?,60?,61?,62?,63?,64-,65+,66+,67-,68+,69-,70-/m1/s1. The van der Waals surface area contributed by atoms with Gasteiger partial charge in [0.25, 0.3) is 0 Å². The van der Waals surface area contributed by atoms with Gasteiger partial charge in [0.2, 0.25) is 0 Å². The lowest BCUT2D eigenvalue weighted by atomic mass is 10.0. The molecule has 6 unspecified atom stereocenters. The summed E-state index contributed by atoms with van der Waals surface area (Å²) in [5, 5.41) is 108. The molecule has 5 aromatic rings. The van der Waals surface area contributed by atoms with E-state index in [1.165, 1.54) is 4.90 Å². The van der Waals surface area contributed by atoms with Crippen molar-refractivity contribution in [3.8, 4) is 0 Å². The molecule has 0 fully saturated rings. The maximum Gasteiger partial charge on any atom is 0.407 e. The summed E-state index contributed by atoms with van der Waals surface area (Å²) in [5.41, 5.74) is 3.88. The van der Waals surface area contributed by atoms with E-state index in [-0.39, 0.29) is 132 Å². The minimum Gasteiger partial charge on any atom is -0.447 e. The number of amides is 2. The zero-order chi connectivity index (χ0) is 72.2. The third-order valence-electron chi connectivity index (χ3n) is 15.0. The van der Waals surface area contributed by atoms with Crippen LogP contribution in [0.4, 0.5) is 9.59 Å². The summed E-state index contributed by atoms with van der Waals surface area (Å²) in [6.45, 7) is 3.72. The second-order valence-corrected chi connectivity index (χ2v) is 25.0. The fourth-order valence-electron chi connectivity index (χ4n) is 9.63. The van der Waals surface area contributed by atoms with E-state index in [1.54, 1.807) is 20.8 Å². The molecule has 5 rings (SSSR count). The van der Waals surface area contributed by atoms with Crippen LogP contribution in [0.25, 0.3) is 0 Å². The van der Waals surface area contributed by atoms with Crippen molar-refractivity contribution in [2.45, 2.75) is 145 Å². The van der Waals surface area contributed by atoms with Crippen molar-refractivity contribution < 1.29 is 117 Å². The number of aliphatic hydroxyl groups excluding tert-OH is 10. The average molecular weight is 1410 g/mol. The molecule has 0 aliphatic carbocycles. The third-order valence-corrected chi connectivity index (χ3v) is 15.0. The molecule has 2 amide bonds. The SMILES string of the molecule is CC(C)(C)OC(=O)NCCNC(=O)OCC(COCC(COCC(COCC(COCC(COCC(O)CN(C[C@H](O)[C@@H](O)[C@H](O)[C@H](O)CO)C[C@H](O)[C@@H](O)[C@H](O)CCO)OCc1ccccc1)OCc1ccccc1)OCc1ccccc1)OCc1ccccc1)OCc1ccccc1. The number of nitrogens with zero attached hydrogens (tertiary/aromatic N) is 1. The van der Waals surface area contributed by atoms with Crippen LogP contribution in [-0.2, 0) is 89.9 Å². The Bertz CT molecular complexity index is 2850. The maximum atomic E-state index is 12.8. The highest BCUT2D eigenvalue weighted by molar-refractivity contribution is 5.68. The molecule has 0 heterocycles. The molecule has 0 radical (unpaired) electrons. The fraction of sp³-hybridized carbons (Fsp3) is 0.562. The number of alkyl carbamates (subject to hydrolysis) is 2. The molecule has 558 valence electrons. The first kappa shape index (κ1) is 84.5. The summed E-state index contributed by atoms with van der Waals surface area (Å²) in [6, 6.07) is 47.9. The fourth-order valence-corrected chi connectivity index (χ4v) is 9.63. The Morgan fingerprint density at radius 1 is 0.380 bits per heavy atom. The summed E-state index contributed by atoms with van der Waals surface area (Å²) in [7, 11) is 0. The van der Waals surface area contributed by atoms with Gasteiger partial charge in [0.15, 0.2) is 0 Å². The van der Waals surface area contributed by atoms with Crippen molar-refractivity contribution in [1.82, 2.24) is 15.5 Å². The van der Waals surface area contributed by atoms with Crippen molar-refractivity contribution in [3.63, 3.8) is 0 Å². The molecule has 0 aliphatic rings. The molecule has 0 saturated heterocycles. The monoisotopic (exact) mass is 1410 g/mol. The summed E-state index contributed by atoms with van der Waals surface area (Å²) in [6.07, 6.45) is -18.6. The molecule has 12 N–H and O–H groups in total. The Morgan fingerprint density at radius 2 is 0.680 bits per heavy atom. The van der Waals surface area contributed by atoms with Gasteiger partial charge in [-0.25, -0.2) is 9.59 Å². The van der Waals surface area contributed by atoms with Gasteiger partial charge < -0.3 is 119 Å². The lowest BCUT2D eigenvalue weighted by Crippen LogP contribution is -2.53. The lowest BCUT2D eigenvalue weighted by molar-refractivity contribution is -0.128. The Morgan fingerprint density at radius 3 is 1.00 bits per heavy atom. The smallest absolute Gasteiger partial charge is 0.407 e. The molecule has 0 spiro atoms. The van der Waals surface area contributed by atoms with Crippen LogP contribution < -0.4 is 10.6 Å². The van der Waals surface area contributed by atoms with Crippen molar-refractivity contribution in [1.29, 1.82) is 0 Å². The molecular weight excluding hydrogens is 1300 g/mol. The van der Waals surface area contributed by atoms with Crippen LogP contribution >= 0.6 is 0 Å². The van der Waals surface area contributed by atoms with Crippen molar-refractivity contribution in [2.24, 2.45) is 0 Å². The third kappa shape index (κ3) is 37.1. The summed E-state index contributed by atoms with van der Waals surface area (Å²) >= 11 is 0. The van der Waals surface area contributed by atoms with Crippen LogP contribution in [-0.4, -0.2) is 272 Å². The summed E-state index contributed by atoms with van der Waals surface area (Å²) in [5.74, 6) is 0. The Balaban J connectivity index is 1.23. The molecule has 0 aliphatic heterocycles. The van der Waals surface area contributed by atoms with E-state index >= 15 is 0 Å². The Labute approximate surface area is 586 Å². The van der Waals surface area contributed by atoms with E-state index in [0.29, 0.717) is 0 Å². The van der Waals surface area contributed by atoms with E-state index in [4.69, 9.17) is 56.8 Å². The highest BCUT2D eigenvalue weighted by atomic mass is 16.6. The zero-order valence-electron chi connectivity index (χ0n) is 57.5. The minimum atomic E-state index is -1.98. The Hall–Kier alpha value is -6.20. The molecular formula is C73H107N3O24. The van der Waals surface area contributed by atoms with Crippen LogP contribution in [0.15, 0.2) is 152 Å². The molecule has 13 atom stereocenters. The van der Waals surface area contributed by atoms with Gasteiger partial charge in [-0.2, -0.15) is 0 Å². The van der Waals surface area contributed by atoms with Crippen LogP contribution in [0.2, 0.25) is 0 Å². The molecule has 5 aromatic carbocycles. The minimum absolute atomic E-state index is 0.00915. The number of aliphatic hydroxyl groups is 10. The number of hydrogen-bond acceptors (Lipinski definition) is 25. The number of carbonyl (C=O) groups is 2. The lowest BCUT2D eigenvalue weighted by Gasteiger charge is -2.34. The van der Waals surface area contributed by atoms with E-state index in [9.17, 15) is 60.7 Å². The van der Waals surface area contributed by atoms with Crippen LogP contribution in [0.5, 0.6) is 0 Å². The van der Waals surface area contributed by atoms with Gasteiger partial charge in [-0.15, -0.1) is 0 Å². The van der Waals surface area contributed by atoms with Gasteiger partial charge in [-0.05, 0) is 55.0 Å². The van der Waals surface area contributed by atoms with E-state index in [0.717, 1.165) is 27.8 Å². The molecule has 27 heteroatoms. The molecule has 100 heavy (non-hydrogen) atoms. The summed E-state index contributed by atoms with van der Waals surface area (Å²) in [4.78, 5) is 26.1. The van der Waals surface area contributed by atoms with Gasteiger partial charge in [0, 0.05) is 39.3 Å². The first-order valence-corrected chi connectivity index (χ1v) is 33.7. The van der Waals surface area contributed by atoms with Crippen LogP contribution in [0.3, 0.4) is 0 Å². The number of ether oxygens (including phenoxy) is 12. The van der Waals surface area contributed by atoms with Gasteiger partial charge in [0.05, 0.1) is 130 Å². The van der Waals surface area contributed by atoms with Gasteiger partial charge in [-0.1, -0.05) is 152 Å². The van der Waals surface area contributed by atoms with Gasteiger partial charge in [-0.3, -0.25) is 4.90 Å². The normalized spacial score (nSPS) is 15.9. The number of benzene rings is 5. The number of nitrogens with one attached hydrogen (secondary N) is 2. The molecule has 27 nitrogen and oxygen atoms in total. The highest BCUT2D eigenvalue weighted by Crippen LogP contribution is 2.16. The summed E-state index contributed by atoms with van der Waals surface area (Å²) < 4.78 is 73.9. The molecule has 0 saturated carbocycles. The van der Waals surface area contributed by atoms with Crippen LogP contribution in [0.1, 0.15) is 55.0 Å². The van der Waals surface area contributed by atoms with Crippen molar-refractivity contribution in [2.75, 3.05) is 119 Å². The largest absolute Gasteiger partial charge is 0.447 e. The van der Waals surface area contributed by atoms with E-state index < -0.39 is 123 Å². The number of hydrogen-bond donors (Lipinski definition) is 12. The first-order valence-electron chi connectivity index (χ1n) is 33.7. The maximum absolute atomic E-state index is 12.8. The van der Waals surface area contributed by atoms with Gasteiger partial charge >= 0.3 is 12.2 Å². The Kier molecular flexibility index (Phi) is 41.7. The highest BCUT2D eigenvalue weighted by Gasteiger charge is 2.34. The second-order valence-electron chi connectivity index (χ2n) is 25.0. The zero-order valence-corrected chi connectivity index (χ0v) is 57.5. The van der Waals surface area contributed by atoms with Gasteiger partial charge in [0.1, 0.15) is 67.1 Å². The van der Waals surface area contributed by atoms with Crippen LogP contribution in [0, 0.1) is 0 Å². The number of rotatable bonds is 54. The first-order chi connectivity index (χ1) is 48.3. The predicted octanol–water partition coefficient (Wildman–Crippen LogP) is 2.81. The van der Waals surface area contributed by atoms with E-state index in [2.05, 4.69) is 10.6 Å². The second kappa shape index (κ2) is 49.4. The predicted molar refractivity (Wildman–Crippen MR) is 366 cm³/mol. The quantitative estimate of drug-likeness (QED) is 0.0249. The van der Waals surface area contributed by atoms with E-state index in [1.807, 2.05) is 152 Å². The molecule has 0 bridgehead atoms. The average Bonchev–Trinajstić information content (AvgIpc) is 0.903. The molecule has 0 aromatic heterocycles. The van der Waals surface area contributed by atoms with Crippen molar-refractivity contribution in [3.05, 3.63) is 179 Å².